The van der Waals surface area contributed by atoms with Crippen molar-refractivity contribution in [3.05, 3.63) is 123 Å². The number of carbonyl (C=O) groups is 3. The van der Waals surface area contributed by atoms with E-state index >= 15 is 0 Å². The summed E-state index contributed by atoms with van der Waals surface area (Å²) in [5.41, 5.74) is 5.65. The molecule has 1 aliphatic heterocycles. The number of carbonyl (C=O) groups excluding carboxylic acids is 3. The van der Waals surface area contributed by atoms with E-state index in [1.54, 1.807) is 24.3 Å². The van der Waals surface area contributed by atoms with Crippen LogP contribution in [0.15, 0.2) is 84.2 Å². The number of aryl methyl sites for hydroxylation is 1. The zero-order chi connectivity index (χ0) is 26.5. The molecule has 0 amide bonds. The van der Waals surface area contributed by atoms with Crippen LogP contribution in [0.5, 0.6) is 0 Å². The van der Waals surface area contributed by atoms with E-state index in [4.69, 9.17) is 4.74 Å². The molecule has 0 atom stereocenters. The van der Waals surface area contributed by atoms with Gasteiger partial charge in [0.25, 0.3) is 0 Å². The number of morpholine rings is 1. The van der Waals surface area contributed by atoms with E-state index in [2.05, 4.69) is 4.90 Å². The Hall–Kier alpha value is -3.87. The van der Waals surface area contributed by atoms with Gasteiger partial charge < -0.3 is 9.64 Å². The number of anilines is 1. The second-order valence-corrected chi connectivity index (χ2v) is 10.4. The van der Waals surface area contributed by atoms with Crippen LogP contribution in [0.25, 0.3) is 0 Å². The molecule has 6 heteroatoms. The molecule has 2 heterocycles. The Morgan fingerprint density at radius 2 is 1.24 bits per heavy atom. The third-order valence-electron chi connectivity index (χ3n) is 6.84. The second-order valence-electron chi connectivity index (χ2n) is 9.50. The summed E-state index contributed by atoms with van der Waals surface area (Å²) in [5, 5.41) is 1.93. The molecule has 5 rings (SSSR count). The second kappa shape index (κ2) is 11.7. The molecular weight excluding hydrogens is 494 g/mol. The van der Waals surface area contributed by atoms with Crippen molar-refractivity contribution in [2.75, 3.05) is 31.2 Å². The largest absolute Gasteiger partial charge is 0.378 e. The zero-order valence-electron chi connectivity index (χ0n) is 21.3. The minimum atomic E-state index is -0.0893. The van der Waals surface area contributed by atoms with Crippen LogP contribution in [-0.2, 0) is 17.6 Å². The van der Waals surface area contributed by atoms with E-state index in [0.29, 0.717) is 23.1 Å². The minimum Gasteiger partial charge on any atom is -0.378 e. The molecule has 0 spiro atoms. The van der Waals surface area contributed by atoms with E-state index in [1.807, 2.05) is 66.9 Å². The molecule has 1 aliphatic rings. The molecule has 5 nitrogen and oxygen atoms in total. The smallest absolute Gasteiger partial charge is 0.193 e. The highest BCUT2D eigenvalue weighted by atomic mass is 32.1. The van der Waals surface area contributed by atoms with E-state index in [1.165, 1.54) is 11.3 Å². The third kappa shape index (κ3) is 5.98. The molecule has 0 bridgehead atoms. The molecule has 3 aromatic carbocycles. The molecule has 0 aliphatic carbocycles. The standard InChI is InChI=1S/C32H29NO4S/c1-22-14-19-38-32(22)30(35)21-24-4-8-27(9-5-24)31(36)26-6-2-23(3-7-26)20-29(34)25-10-12-28(13-11-25)33-15-17-37-18-16-33/h2-14,19H,15-18,20-21H2,1H3. The number of thiophene rings is 1. The first-order chi connectivity index (χ1) is 18.5. The Kier molecular flexibility index (Phi) is 7.91. The van der Waals surface area contributed by atoms with Crippen molar-refractivity contribution in [1.82, 2.24) is 0 Å². The van der Waals surface area contributed by atoms with Crippen LogP contribution in [0.1, 0.15) is 52.6 Å². The fourth-order valence-electron chi connectivity index (χ4n) is 4.61. The van der Waals surface area contributed by atoms with Crippen LogP contribution in [-0.4, -0.2) is 43.7 Å². The summed E-state index contributed by atoms with van der Waals surface area (Å²) in [7, 11) is 0. The molecule has 1 saturated heterocycles. The maximum atomic E-state index is 13.0. The monoisotopic (exact) mass is 523 g/mol. The van der Waals surface area contributed by atoms with Crippen molar-refractivity contribution >= 4 is 34.4 Å². The molecule has 1 aromatic heterocycles. The summed E-state index contributed by atoms with van der Waals surface area (Å²) in [6.07, 6.45) is 0.590. The lowest BCUT2D eigenvalue weighted by Crippen LogP contribution is -2.36. The summed E-state index contributed by atoms with van der Waals surface area (Å²) >= 11 is 1.46. The molecule has 1 fully saturated rings. The first kappa shape index (κ1) is 25.8. The Bertz CT molecular complexity index is 1430. The predicted molar refractivity (Wildman–Crippen MR) is 151 cm³/mol. The summed E-state index contributed by atoms with van der Waals surface area (Å²) in [4.78, 5) is 41.4. The number of nitrogens with zero attached hydrogens (tertiary/aromatic N) is 1. The average molecular weight is 524 g/mol. The van der Waals surface area contributed by atoms with Gasteiger partial charge in [-0.1, -0.05) is 48.5 Å². The number of Topliss-reactive ketones (excluding diaryl/α,β-unsaturated/α-hetero) is 2. The third-order valence-corrected chi connectivity index (χ3v) is 7.90. The molecule has 0 saturated carbocycles. The summed E-state index contributed by atoms with van der Waals surface area (Å²) in [6.45, 7) is 5.11. The average Bonchev–Trinajstić information content (AvgIpc) is 3.40. The van der Waals surface area contributed by atoms with Crippen LogP contribution in [0, 0.1) is 6.92 Å². The molecule has 0 radical (unpaired) electrons. The van der Waals surface area contributed by atoms with Crippen LogP contribution in [0.3, 0.4) is 0 Å². The summed E-state index contributed by atoms with van der Waals surface area (Å²) < 4.78 is 5.40. The Balaban J connectivity index is 1.18. The normalized spacial score (nSPS) is 13.3. The highest BCUT2D eigenvalue weighted by Gasteiger charge is 2.15. The van der Waals surface area contributed by atoms with E-state index in [9.17, 15) is 14.4 Å². The quantitative estimate of drug-likeness (QED) is 0.253. The maximum absolute atomic E-state index is 13.0. The van der Waals surface area contributed by atoms with Crippen molar-refractivity contribution in [2.45, 2.75) is 19.8 Å². The molecule has 0 unspecified atom stereocenters. The van der Waals surface area contributed by atoms with Crippen LogP contribution >= 0.6 is 11.3 Å². The van der Waals surface area contributed by atoms with Crippen LogP contribution in [0.2, 0.25) is 0 Å². The number of ether oxygens (including phenoxy) is 1. The van der Waals surface area contributed by atoms with Crippen LogP contribution < -0.4 is 4.90 Å². The lowest BCUT2D eigenvalue weighted by Gasteiger charge is -2.28. The summed E-state index contributed by atoms with van der Waals surface area (Å²) in [5.74, 6) is 0.0452. The molecule has 4 aromatic rings. The topological polar surface area (TPSA) is 63.7 Å². The van der Waals surface area contributed by atoms with Gasteiger partial charge >= 0.3 is 0 Å². The van der Waals surface area contributed by atoms with E-state index < -0.39 is 0 Å². The van der Waals surface area contributed by atoms with Gasteiger partial charge in [-0.3, -0.25) is 14.4 Å². The Morgan fingerprint density at radius 1 is 0.711 bits per heavy atom. The van der Waals surface area contributed by atoms with E-state index in [-0.39, 0.29) is 23.8 Å². The van der Waals surface area contributed by atoms with E-state index in [0.717, 1.165) is 53.6 Å². The fraction of sp³-hybridized carbons (Fsp3) is 0.219. The molecule has 192 valence electrons. The van der Waals surface area contributed by atoms with Gasteiger partial charge in [0.15, 0.2) is 17.3 Å². The van der Waals surface area contributed by atoms with Gasteiger partial charge in [-0.15, -0.1) is 11.3 Å². The minimum absolute atomic E-state index is 0.0421. The number of benzene rings is 3. The Morgan fingerprint density at radius 3 is 1.76 bits per heavy atom. The van der Waals surface area contributed by atoms with Crippen molar-refractivity contribution in [3.63, 3.8) is 0 Å². The van der Waals surface area contributed by atoms with Crippen LogP contribution in [0.4, 0.5) is 5.69 Å². The van der Waals surface area contributed by atoms with Gasteiger partial charge in [0.1, 0.15) is 0 Å². The first-order valence-corrected chi connectivity index (χ1v) is 13.6. The molecule has 38 heavy (non-hydrogen) atoms. The van der Waals surface area contributed by atoms with Gasteiger partial charge in [0, 0.05) is 48.3 Å². The maximum Gasteiger partial charge on any atom is 0.193 e. The van der Waals surface area contributed by atoms with Crippen molar-refractivity contribution in [2.24, 2.45) is 0 Å². The highest BCUT2D eigenvalue weighted by Crippen LogP contribution is 2.20. The molecule has 0 N–H and O–H groups in total. The number of hydrogen-bond acceptors (Lipinski definition) is 6. The van der Waals surface area contributed by atoms with Gasteiger partial charge in [-0.05, 0) is 59.3 Å². The zero-order valence-corrected chi connectivity index (χ0v) is 22.1. The number of rotatable bonds is 9. The van der Waals surface area contributed by atoms with Gasteiger partial charge in [-0.25, -0.2) is 0 Å². The fourth-order valence-corrected chi connectivity index (χ4v) is 5.47. The Labute approximate surface area is 226 Å². The van der Waals surface area contributed by atoms with Gasteiger partial charge in [0.2, 0.25) is 0 Å². The van der Waals surface area contributed by atoms with Crippen molar-refractivity contribution in [1.29, 1.82) is 0 Å². The van der Waals surface area contributed by atoms with Crippen molar-refractivity contribution in [3.8, 4) is 0 Å². The highest BCUT2D eigenvalue weighted by molar-refractivity contribution is 7.12. The lowest BCUT2D eigenvalue weighted by atomic mass is 9.97. The first-order valence-electron chi connectivity index (χ1n) is 12.7. The molecular formula is C32H29NO4S. The van der Waals surface area contributed by atoms with Gasteiger partial charge in [0.05, 0.1) is 18.1 Å². The van der Waals surface area contributed by atoms with Gasteiger partial charge in [-0.2, -0.15) is 0 Å². The number of ketones is 3. The van der Waals surface area contributed by atoms with Crippen molar-refractivity contribution < 1.29 is 19.1 Å². The lowest BCUT2D eigenvalue weighted by molar-refractivity contribution is 0.0986. The predicted octanol–water partition coefficient (Wildman–Crippen LogP) is 5.97. The SMILES string of the molecule is Cc1ccsc1C(=O)Cc1ccc(C(=O)c2ccc(CC(=O)c3ccc(N4CCOCC4)cc3)cc2)cc1. The summed E-state index contributed by atoms with van der Waals surface area (Å²) in [6, 6.07) is 24.1. The number of hydrogen-bond donors (Lipinski definition) is 0.